The molecule has 0 aliphatic carbocycles. The summed E-state index contributed by atoms with van der Waals surface area (Å²) in [5, 5.41) is 1.13. The van der Waals surface area contributed by atoms with E-state index in [9.17, 15) is 0 Å². The molecule has 0 spiro atoms. The van der Waals surface area contributed by atoms with Gasteiger partial charge in [-0.25, -0.2) is 0 Å². The molecule has 0 radical (unpaired) electrons. The van der Waals surface area contributed by atoms with Crippen LogP contribution in [0.3, 0.4) is 0 Å². The number of ether oxygens (including phenoxy) is 1. The zero-order chi connectivity index (χ0) is 16.3. The number of hydrogen-bond acceptors (Lipinski definition) is 1. The number of halogens is 2. The van der Waals surface area contributed by atoms with Gasteiger partial charge in [-0.15, -0.1) is 0 Å². The molecular weight excluding hydrogens is 416 g/mol. The van der Waals surface area contributed by atoms with Crippen LogP contribution in [0, 0.1) is 0 Å². The van der Waals surface area contributed by atoms with E-state index in [1.807, 2.05) is 0 Å². The molecule has 2 aromatic carbocycles. The van der Waals surface area contributed by atoms with E-state index in [4.69, 9.17) is 4.74 Å². The Kier molecular flexibility index (Phi) is 8.77. The van der Waals surface area contributed by atoms with E-state index in [0.717, 1.165) is 28.6 Å². The van der Waals surface area contributed by atoms with Crippen LogP contribution in [-0.2, 0) is 0 Å². The summed E-state index contributed by atoms with van der Waals surface area (Å²) in [4.78, 5) is 0. The highest BCUT2D eigenvalue weighted by Gasteiger charge is 1.99. The van der Waals surface area contributed by atoms with Gasteiger partial charge < -0.3 is 4.74 Å². The molecule has 0 aliphatic heterocycles. The first-order valence-corrected chi connectivity index (χ1v) is 10.3. The van der Waals surface area contributed by atoms with Crippen LogP contribution in [-0.4, -0.2) is 11.9 Å². The predicted molar refractivity (Wildman–Crippen MR) is 107 cm³/mol. The Morgan fingerprint density at radius 2 is 1.17 bits per heavy atom. The van der Waals surface area contributed by atoms with Crippen molar-refractivity contribution >= 4 is 31.9 Å². The largest absolute Gasteiger partial charge is 0.494 e. The zero-order valence-electron chi connectivity index (χ0n) is 13.4. The molecule has 0 N–H and O–H groups in total. The van der Waals surface area contributed by atoms with Crippen molar-refractivity contribution in [2.45, 2.75) is 38.5 Å². The van der Waals surface area contributed by atoms with Gasteiger partial charge in [-0.2, -0.15) is 0 Å². The summed E-state index contributed by atoms with van der Waals surface area (Å²) in [6.45, 7) is 0.816. The molecule has 23 heavy (non-hydrogen) atoms. The Hall–Kier alpha value is -0.800. The van der Waals surface area contributed by atoms with Crippen molar-refractivity contribution in [1.82, 2.24) is 0 Å². The lowest BCUT2D eigenvalue weighted by Crippen LogP contribution is -1.97. The van der Waals surface area contributed by atoms with Crippen molar-refractivity contribution < 1.29 is 4.74 Å². The standard InChI is InChI=1S/C20H24Br2O/c21-15-5-3-1-2-4-6-16-23-20-13-9-18(10-14-20)17-7-11-19(22)12-8-17/h7-14H,1-6,15-16H2. The first-order valence-electron chi connectivity index (χ1n) is 8.34. The van der Waals surface area contributed by atoms with Crippen LogP contribution >= 0.6 is 31.9 Å². The molecule has 0 saturated heterocycles. The molecule has 0 bridgehead atoms. The highest BCUT2D eigenvalue weighted by molar-refractivity contribution is 9.10. The van der Waals surface area contributed by atoms with Crippen LogP contribution in [0.4, 0.5) is 0 Å². The first kappa shape index (κ1) is 18.5. The third-order valence-electron chi connectivity index (χ3n) is 3.83. The summed E-state index contributed by atoms with van der Waals surface area (Å²) in [6, 6.07) is 16.7. The SMILES string of the molecule is BrCCCCCCCCOc1ccc(-c2ccc(Br)cc2)cc1. The molecule has 2 rings (SSSR count). The van der Waals surface area contributed by atoms with Crippen molar-refractivity contribution in [2.24, 2.45) is 0 Å². The number of rotatable bonds is 10. The fourth-order valence-corrected chi connectivity index (χ4v) is 3.14. The average Bonchev–Trinajstić information content (AvgIpc) is 2.59. The van der Waals surface area contributed by atoms with E-state index in [1.165, 1.54) is 43.2 Å². The van der Waals surface area contributed by atoms with Gasteiger partial charge in [0.15, 0.2) is 0 Å². The quantitative estimate of drug-likeness (QED) is 0.280. The van der Waals surface area contributed by atoms with Gasteiger partial charge in [0.2, 0.25) is 0 Å². The lowest BCUT2D eigenvalue weighted by Gasteiger charge is -2.08. The third-order valence-corrected chi connectivity index (χ3v) is 4.92. The second kappa shape index (κ2) is 10.9. The van der Waals surface area contributed by atoms with Crippen LogP contribution in [0.25, 0.3) is 11.1 Å². The summed E-state index contributed by atoms with van der Waals surface area (Å²) in [7, 11) is 0. The molecular formula is C20H24Br2O. The van der Waals surface area contributed by atoms with Crippen LogP contribution in [0.1, 0.15) is 38.5 Å². The minimum Gasteiger partial charge on any atom is -0.494 e. The number of alkyl halides is 1. The van der Waals surface area contributed by atoms with Crippen molar-refractivity contribution in [1.29, 1.82) is 0 Å². The summed E-state index contributed by atoms with van der Waals surface area (Å²) < 4.78 is 6.93. The van der Waals surface area contributed by atoms with Gasteiger partial charge in [0, 0.05) is 9.80 Å². The molecule has 0 heterocycles. The average molecular weight is 440 g/mol. The van der Waals surface area contributed by atoms with Gasteiger partial charge in [-0.05, 0) is 48.2 Å². The first-order chi connectivity index (χ1) is 11.3. The Balaban J connectivity index is 1.68. The van der Waals surface area contributed by atoms with Crippen LogP contribution in [0.15, 0.2) is 53.0 Å². The normalized spacial score (nSPS) is 10.7. The minimum absolute atomic E-state index is 0.816. The van der Waals surface area contributed by atoms with E-state index in [1.54, 1.807) is 0 Å². The highest BCUT2D eigenvalue weighted by atomic mass is 79.9. The molecule has 0 saturated carbocycles. The Morgan fingerprint density at radius 1 is 0.652 bits per heavy atom. The minimum atomic E-state index is 0.816. The molecule has 3 heteroatoms. The Labute approximate surface area is 156 Å². The van der Waals surface area contributed by atoms with E-state index >= 15 is 0 Å². The number of benzene rings is 2. The lowest BCUT2D eigenvalue weighted by atomic mass is 10.1. The van der Waals surface area contributed by atoms with Crippen molar-refractivity contribution in [3.8, 4) is 16.9 Å². The topological polar surface area (TPSA) is 9.23 Å². The molecule has 0 aromatic heterocycles. The summed E-state index contributed by atoms with van der Waals surface area (Å²) in [5.41, 5.74) is 2.44. The van der Waals surface area contributed by atoms with Crippen molar-refractivity contribution in [2.75, 3.05) is 11.9 Å². The molecule has 124 valence electrons. The second-order valence-corrected chi connectivity index (χ2v) is 7.40. The van der Waals surface area contributed by atoms with E-state index in [-0.39, 0.29) is 0 Å². The van der Waals surface area contributed by atoms with Crippen molar-refractivity contribution in [3.63, 3.8) is 0 Å². The van der Waals surface area contributed by atoms with Gasteiger partial charge in [0.1, 0.15) is 5.75 Å². The molecule has 0 amide bonds. The maximum Gasteiger partial charge on any atom is 0.119 e. The molecule has 0 fully saturated rings. The van der Waals surface area contributed by atoms with Crippen LogP contribution in [0.2, 0.25) is 0 Å². The Morgan fingerprint density at radius 3 is 1.78 bits per heavy atom. The predicted octanol–water partition coefficient (Wildman–Crippen LogP) is 7.23. The lowest BCUT2D eigenvalue weighted by molar-refractivity contribution is 0.304. The summed E-state index contributed by atoms with van der Waals surface area (Å²) in [5.74, 6) is 0.963. The second-order valence-electron chi connectivity index (χ2n) is 5.69. The number of hydrogen-bond donors (Lipinski definition) is 0. The van der Waals surface area contributed by atoms with Gasteiger partial charge in [-0.1, -0.05) is 81.8 Å². The summed E-state index contributed by atoms with van der Waals surface area (Å²) in [6.07, 6.45) is 7.69. The maximum atomic E-state index is 5.83. The van der Waals surface area contributed by atoms with Crippen molar-refractivity contribution in [3.05, 3.63) is 53.0 Å². The fourth-order valence-electron chi connectivity index (χ4n) is 2.48. The summed E-state index contributed by atoms with van der Waals surface area (Å²) >= 11 is 6.94. The van der Waals surface area contributed by atoms with Crippen LogP contribution in [0.5, 0.6) is 5.75 Å². The van der Waals surface area contributed by atoms with E-state index in [0.29, 0.717) is 0 Å². The fraction of sp³-hybridized carbons (Fsp3) is 0.400. The van der Waals surface area contributed by atoms with Gasteiger partial charge in [0.25, 0.3) is 0 Å². The van der Waals surface area contributed by atoms with Gasteiger partial charge in [0.05, 0.1) is 6.61 Å². The molecule has 0 aliphatic rings. The molecule has 2 aromatic rings. The van der Waals surface area contributed by atoms with Gasteiger partial charge in [-0.3, -0.25) is 0 Å². The highest BCUT2D eigenvalue weighted by Crippen LogP contribution is 2.24. The van der Waals surface area contributed by atoms with Gasteiger partial charge >= 0.3 is 0 Å². The molecule has 0 unspecified atom stereocenters. The third kappa shape index (κ3) is 7.09. The monoisotopic (exact) mass is 438 g/mol. The zero-order valence-corrected chi connectivity index (χ0v) is 16.6. The van der Waals surface area contributed by atoms with Crippen LogP contribution < -0.4 is 4.74 Å². The van der Waals surface area contributed by atoms with E-state index < -0.39 is 0 Å². The smallest absolute Gasteiger partial charge is 0.119 e. The Bertz CT molecular complexity index is 549. The van der Waals surface area contributed by atoms with E-state index in [2.05, 4.69) is 80.4 Å². The maximum absolute atomic E-state index is 5.83. The molecule has 1 nitrogen and oxygen atoms in total. The number of unbranched alkanes of at least 4 members (excludes halogenated alkanes) is 5. The molecule has 0 atom stereocenters.